The topological polar surface area (TPSA) is 45.1 Å². The lowest BCUT2D eigenvalue weighted by molar-refractivity contribution is -0.137. The van der Waals surface area contributed by atoms with Crippen LogP contribution in [0.25, 0.3) is 0 Å². The molecule has 0 saturated carbocycles. The van der Waals surface area contributed by atoms with Crippen molar-refractivity contribution < 1.29 is 22.7 Å². The average Bonchev–Trinajstić information content (AvgIpc) is 3.25. The van der Waals surface area contributed by atoms with Gasteiger partial charge in [0.05, 0.1) is 17.5 Å². The van der Waals surface area contributed by atoms with Gasteiger partial charge in [-0.25, -0.2) is 4.99 Å². The molecule has 0 aliphatic carbocycles. The Hall–Kier alpha value is -3.33. The van der Waals surface area contributed by atoms with Crippen molar-refractivity contribution in [1.29, 1.82) is 0 Å². The van der Waals surface area contributed by atoms with Crippen LogP contribution in [0, 0.1) is 6.92 Å². The Balaban J connectivity index is 1.47. The number of hydrogen-bond donors (Lipinski definition) is 0. The Labute approximate surface area is 205 Å². The van der Waals surface area contributed by atoms with E-state index in [0.29, 0.717) is 37.6 Å². The smallest absolute Gasteiger partial charge is 0.416 e. The van der Waals surface area contributed by atoms with Gasteiger partial charge >= 0.3 is 6.18 Å². The molecule has 1 amide bonds. The molecule has 35 heavy (non-hydrogen) atoms. The summed E-state index contributed by atoms with van der Waals surface area (Å²) >= 11 is 1.56. The zero-order chi connectivity index (χ0) is 24.7. The van der Waals surface area contributed by atoms with Gasteiger partial charge in [0.2, 0.25) is 5.91 Å². The summed E-state index contributed by atoms with van der Waals surface area (Å²) in [5.41, 5.74) is 1.06. The Morgan fingerprint density at radius 2 is 1.94 bits per heavy atom. The third-order valence-corrected chi connectivity index (χ3v) is 7.14. The molecule has 9 heteroatoms. The van der Waals surface area contributed by atoms with E-state index in [1.807, 2.05) is 59.4 Å². The normalized spacial score (nSPS) is 17.7. The van der Waals surface area contributed by atoms with E-state index in [9.17, 15) is 18.0 Å². The lowest BCUT2D eigenvalue weighted by Gasteiger charge is -2.41. The minimum Gasteiger partial charge on any atom is -0.454 e. The molecule has 0 bridgehead atoms. The van der Waals surface area contributed by atoms with Crippen molar-refractivity contribution in [2.45, 2.75) is 32.5 Å². The van der Waals surface area contributed by atoms with Crippen LogP contribution in [0.1, 0.15) is 28.5 Å². The van der Waals surface area contributed by atoms with Gasteiger partial charge in [0, 0.05) is 30.6 Å². The molecule has 1 fully saturated rings. The van der Waals surface area contributed by atoms with Crippen LogP contribution >= 0.6 is 11.3 Å². The number of nitrogens with zero attached hydrogens (tertiary/aromatic N) is 3. The number of aliphatic imine (C=N–C) groups is 1. The van der Waals surface area contributed by atoms with Gasteiger partial charge in [0.25, 0.3) is 0 Å². The minimum atomic E-state index is -4.48. The molecule has 5 nitrogen and oxygen atoms in total. The molecule has 3 aromatic rings. The summed E-state index contributed by atoms with van der Waals surface area (Å²) in [6, 6.07) is 12.8. The Kier molecular flexibility index (Phi) is 6.04. The predicted octanol–water partition coefficient (Wildman–Crippen LogP) is 6.03. The number of carbonyl (C=O) groups excluding carboxylic acids is 1. The van der Waals surface area contributed by atoms with Gasteiger partial charge in [0.15, 0.2) is 5.75 Å². The van der Waals surface area contributed by atoms with Gasteiger partial charge in [-0.2, -0.15) is 13.2 Å². The highest BCUT2D eigenvalue weighted by atomic mass is 32.1. The largest absolute Gasteiger partial charge is 0.454 e. The van der Waals surface area contributed by atoms with E-state index in [-0.39, 0.29) is 23.4 Å². The summed E-state index contributed by atoms with van der Waals surface area (Å²) in [5.74, 6) is 1.44. The second kappa shape index (κ2) is 9.03. The van der Waals surface area contributed by atoms with Gasteiger partial charge in [0.1, 0.15) is 17.3 Å². The molecule has 1 saturated heterocycles. The molecule has 2 aromatic carbocycles. The number of aryl methyl sites for hydroxylation is 1. The first kappa shape index (κ1) is 23.4. The van der Waals surface area contributed by atoms with Crippen LogP contribution < -0.4 is 4.74 Å². The summed E-state index contributed by atoms with van der Waals surface area (Å²) in [6.45, 7) is 5.46. The number of ether oxygens (including phenoxy) is 1. The fourth-order valence-corrected chi connectivity index (χ4v) is 5.19. The maximum Gasteiger partial charge on any atom is 0.416 e. The van der Waals surface area contributed by atoms with E-state index in [2.05, 4.69) is 0 Å². The van der Waals surface area contributed by atoms with Crippen molar-refractivity contribution in [2.24, 2.45) is 4.99 Å². The number of rotatable bonds is 2. The third-order valence-electron chi connectivity index (χ3n) is 6.26. The quantitative estimate of drug-likeness (QED) is 0.432. The van der Waals surface area contributed by atoms with Gasteiger partial charge in [-0.1, -0.05) is 17.7 Å². The van der Waals surface area contributed by atoms with E-state index >= 15 is 0 Å². The van der Waals surface area contributed by atoms with E-state index < -0.39 is 11.7 Å². The Morgan fingerprint density at radius 1 is 1.14 bits per heavy atom. The van der Waals surface area contributed by atoms with Gasteiger partial charge < -0.3 is 14.5 Å². The van der Waals surface area contributed by atoms with Crippen LogP contribution in [-0.4, -0.2) is 47.2 Å². The maximum atomic E-state index is 13.4. The summed E-state index contributed by atoms with van der Waals surface area (Å²) in [6.07, 6.45) is -4.12. The lowest BCUT2D eigenvalue weighted by Crippen LogP contribution is -2.55. The molecule has 0 radical (unpaired) electrons. The molecule has 0 N–H and O–H groups in total. The Bertz CT molecular complexity index is 1290. The molecule has 3 heterocycles. The standard InChI is InChI=1S/C26H24F3N3O2S/c1-16-5-7-22-20(12-16)25(30-21-13-18(26(27,28)29)6-8-23(21)34-22)31-9-10-32(17(2)15-31)24(33)14-19-4-3-11-35-19/h3-8,11-13,17H,9-10,14-15H2,1-2H3/t17-/m1/s1. The van der Waals surface area contributed by atoms with E-state index in [1.165, 1.54) is 6.07 Å². The highest BCUT2D eigenvalue weighted by molar-refractivity contribution is 7.10. The first-order valence-corrected chi connectivity index (χ1v) is 12.2. The van der Waals surface area contributed by atoms with Crippen molar-refractivity contribution in [3.8, 4) is 11.5 Å². The van der Waals surface area contributed by atoms with Crippen molar-refractivity contribution in [1.82, 2.24) is 9.80 Å². The molecular formula is C26H24F3N3O2S. The summed E-state index contributed by atoms with van der Waals surface area (Å²) in [5, 5.41) is 1.96. The molecule has 182 valence electrons. The first-order valence-electron chi connectivity index (χ1n) is 11.3. The SMILES string of the molecule is Cc1ccc2c(c1)C(N1CCN(C(=O)Cc3cccs3)[C@H](C)C1)=Nc1cc(C(F)(F)F)ccc1O2. The Morgan fingerprint density at radius 3 is 2.66 bits per heavy atom. The van der Waals surface area contributed by atoms with E-state index in [1.54, 1.807) is 11.3 Å². The lowest BCUT2D eigenvalue weighted by atomic mass is 10.1. The molecule has 5 rings (SSSR count). The van der Waals surface area contributed by atoms with Gasteiger partial charge in [-0.15, -0.1) is 11.3 Å². The van der Waals surface area contributed by atoms with Gasteiger partial charge in [-0.3, -0.25) is 4.79 Å². The number of alkyl halides is 3. The van der Waals surface area contributed by atoms with Crippen molar-refractivity contribution in [3.63, 3.8) is 0 Å². The number of fused-ring (bicyclic) bond motifs is 2. The number of halogens is 3. The molecule has 2 aliphatic rings. The number of carbonyl (C=O) groups is 1. The average molecular weight is 500 g/mol. The summed E-state index contributed by atoms with van der Waals surface area (Å²) in [4.78, 5) is 22.5. The van der Waals surface area contributed by atoms with Crippen LogP contribution in [0.2, 0.25) is 0 Å². The predicted molar refractivity (Wildman–Crippen MR) is 130 cm³/mol. The monoisotopic (exact) mass is 499 g/mol. The molecular weight excluding hydrogens is 475 g/mol. The fraction of sp³-hybridized carbons (Fsp3) is 0.308. The first-order chi connectivity index (χ1) is 16.7. The van der Waals surface area contributed by atoms with Gasteiger partial charge in [-0.05, 0) is 55.6 Å². The highest BCUT2D eigenvalue weighted by Gasteiger charge is 2.34. The van der Waals surface area contributed by atoms with Crippen LogP contribution in [0.3, 0.4) is 0 Å². The minimum absolute atomic E-state index is 0.0714. The van der Waals surface area contributed by atoms with Crippen molar-refractivity contribution in [3.05, 3.63) is 75.5 Å². The fourth-order valence-electron chi connectivity index (χ4n) is 4.49. The number of amidine groups is 1. The molecule has 0 unspecified atom stereocenters. The molecule has 0 spiro atoms. The molecule has 2 aliphatic heterocycles. The van der Waals surface area contributed by atoms with Crippen LogP contribution in [-0.2, 0) is 17.4 Å². The van der Waals surface area contributed by atoms with Crippen molar-refractivity contribution >= 4 is 28.8 Å². The van der Waals surface area contributed by atoms with E-state index in [4.69, 9.17) is 9.73 Å². The maximum absolute atomic E-state index is 13.4. The van der Waals surface area contributed by atoms with Crippen molar-refractivity contribution in [2.75, 3.05) is 19.6 Å². The van der Waals surface area contributed by atoms with Crippen LogP contribution in [0.4, 0.5) is 18.9 Å². The highest BCUT2D eigenvalue weighted by Crippen LogP contribution is 2.42. The number of hydrogen-bond acceptors (Lipinski definition) is 5. The number of amides is 1. The van der Waals surface area contributed by atoms with E-state index in [0.717, 1.165) is 28.1 Å². The molecule has 1 atom stereocenters. The second-order valence-electron chi connectivity index (χ2n) is 8.86. The molecule has 1 aromatic heterocycles. The number of thiophene rings is 1. The number of benzene rings is 2. The second-order valence-corrected chi connectivity index (χ2v) is 9.89. The summed E-state index contributed by atoms with van der Waals surface area (Å²) in [7, 11) is 0. The summed E-state index contributed by atoms with van der Waals surface area (Å²) < 4.78 is 46.2. The van der Waals surface area contributed by atoms with Crippen LogP contribution in [0.5, 0.6) is 11.5 Å². The zero-order valence-corrected chi connectivity index (χ0v) is 20.1. The van der Waals surface area contributed by atoms with Crippen LogP contribution in [0.15, 0.2) is 58.9 Å². The number of piperazine rings is 1. The third kappa shape index (κ3) is 4.77. The zero-order valence-electron chi connectivity index (χ0n) is 19.3.